The number of aromatic nitrogens is 1. The molecule has 7 heteroatoms. The van der Waals surface area contributed by atoms with Gasteiger partial charge in [0.2, 0.25) is 0 Å². The van der Waals surface area contributed by atoms with Gasteiger partial charge in [-0.2, -0.15) is 0 Å². The third-order valence-corrected chi connectivity index (χ3v) is 5.53. The monoisotopic (exact) mass is 415 g/mol. The lowest BCUT2D eigenvalue weighted by Gasteiger charge is -2.30. The van der Waals surface area contributed by atoms with Gasteiger partial charge >= 0.3 is 0 Å². The summed E-state index contributed by atoms with van der Waals surface area (Å²) >= 11 is 6.04. The van der Waals surface area contributed by atoms with Crippen LogP contribution in [-0.2, 0) is 0 Å². The van der Waals surface area contributed by atoms with Gasteiger partial charge in [0, 0.05) is 34.4 Å². The number of carbonyl (C=O) groups excluding carboxylic acids is 1. The maximum absolute atomic E-state index is 13.8. The molecule has 2 N–H and O–H groups in total. The number of fused-ring (bicyclic) bond motifs is 1. The van der Waals surface area contributed by atoms with E-state index < -0.39 is 17.5 Å². The second-order valence-electron chi connectivity index (χ2n) is 7.31. The molecule has 0 radical (unpaired) electrons. The van der Waals surface area contributed by atoms with Crippen molar-refractivity contribution in [2.75, 3.05) is 5.32 Å². The van der Waals surface area contributed by atoms with Crippen LogP contribution >= 0.6 is 11.6 Å². The third kappa shape index (κ3) is 4.48. The van der Waals surface area contributed by atoms with Crippen molar-refractivity contribution in [3.05, 3.63) is 70.9 Å². The van der Waals surface area contributed by atoms with Gasteiger partial charge in [0.05, 0.1) is 11.1 Å². The van der Waals surface area contributed by atoms with Gasteiger partial charge in [-0.05, 0) is 68.1 Å². The van der Waals surface area contributed by atoms with Crippen LogP contribution in [0.4, 0.5) is 14.5 Å². The van der Waals surface area contributed by atoms with E-state index in [4.69, 9.17) is 11.6 Å². The lowest BCUT2D eigenvalue weighted by atomic mass is 9.90. The smallest absolute Gasteiger partial charge is 0.254 e. The van der Waals surface area contributed by atoms with Gasteiger partial charge in [0.15, 0.2) is 0 Å². The standard InChI is InChI=1S/C22H20ClF2N3O/c23-13-1-7-17-20(9-10-26-21(17)11-13)27-15-3-5-16(6-4-15)28-22(29)18-12-14(24)2-8-19(18)25/h1-2,7-12,15-16H,3-6H2,(H,26,27)(H,28,29). The number of pyridine rings is 1. The lowest BCUT2D eigenvalue weighted by molar-refractivity contribution is 0.0922. The molecule has 29 heavy (non-hydrogen) atoms. The van der Waals surface area contributed by atoms with E-state index in [1.807, 2.05) is 24.3 Å². The van der Waals surface area contributed by atoms with Crippen molar-refractivity contribution in [3.8, 4) is 0 Å². The zero-order valence-electron chi connectivity index (χ0n) is 15.6. The van der Waals surface area contributed by atoms with Gasteiger partial charge in [0.1, 0.15) is 11.6 Å². The van der Waals surface area contributed by atoms with Crippen molar-refractivity contribution in [1.82, 2.24) is 10.3 Å². The SMILES string of the molecule is O=C(NC1CCC(Nc2ccnc3cc(Cl)ccc23)CC1)c1cc(F)ccc1F. The highest BCUT2D eigenvalue weighted by molar-refractivity contribution is 6.31. The molecule has 0 unspecified atom stereocenters. The molecular weight excluding hydrogens is 396 g/mol. The van der Waals surface area contributed by atoms with E-state index in [0.29, 0.717) is 5.02 Å². The summed E-state index contributed by atoms with van der Waals surface area (Å²) in [5.41, 5.74) is 1.58. The first-order chi connectivity index (χ1) is 14.0. The first-order valence-electron chi connectivity index (χ1n) is 9.56. The summed E-state index contributed by atoms with van der Waals surface area (Å²) in [4.78, 5) is 16.6. The van der Waals surface area contributed by atoms with Crippen LogP contribution in [0.25, 0.3) is 10.9 Å². The van der Waals surface area contributed by atoms with E-state index in [1.54, 1.807) is 6.20 Å². The predicted octanol–water partition coefficient (Wildman–Crippen LogP) is 5.32. The summed E-state index contributed by atoms with van der Waals surface area (Å²) in [5, 5.41) is 8.04. The van der Waals surface area contributed by atoms with Crippen LogP contribution in [0.2, 0.25) is 5.02 Å². The minimum Gasteiger partial charge on any atom is -0.382 e. The molecule has 3 aromatic rings. The summed E-state index contributed by atoms with van der Waals surface area (Å²) in [6, 6.07) is 10.7. The van der Waals surface area contributed by atoms with E-state index in [0.717, 1.165) is 60.5 Å². The first-order valence-corrected chi connectivity index (χ1v) is 9.94. The molecule has 150 valence electrons. The number of hydrogen-bond acceptors (Lipinski definition) is 3. The minimum atomic E-state index is -0.719. The van der Waals surface area contributed by atoms with Crippen LogP contribution in [0.15, 0.2) is 48.7 Å². The molecule has 4 nitrogen and oxygen atoms in total. The van der Waals surface area contributed by atoms with Gasteiger partial charge in [0.25, 0.3) is 5.91 Å². The number of nitrogens with zero attached hydrogens (tertiary/aromatic N) is 1. The highest BCUT2D eigenvalue weighted by Crippen LogP contribution is 2.28. The third-order valence-electron chi connectivity index (χ3n) is 5.30. The van der Waals surface area contributed by atoms with Gasteiger partial charge in [-0.3, -0.25) is 9.78 Å². The lowest BCUT2D eigenvalue weighted by Crippen LogP contribution is -2.40. The Labute approximate surface area is 172 Å². The van der Waals surface area contributed by atoms with Crippen LogP contribution in [0.1, 0.15) is 36.0 Å². The van der Waals surface area contributed by atoms with Crippen molar-refractivity contribution in [3.63, 3.8) is 0 Å². The van der Waals surface area contributed by atoms with Crippen molar-refractivity contribution >= 4 is 34.1 Å². The maximum Gasteiger partial charge on any atom is 0.254 e. The van der Waals surface area contributed by atoms with Crippen LogP contribution < -0.4 is 10.6 Å². The average Bonchev–Trinajstić information content (AvgIpc) is 2.71. The fourth-order valence-electron chi connectivity index (χ4n) is 3.78. The normalized spacial score (nSPS) is 19.1. The number of nitrogens with one attached hydrogen (secondary N) is 2. The van der Waals surface area contributed by atoms with Crippen LogP contribution in [0.5, 0.6) is 0 Å². The predicted molar refractivity (Wildman–Crippen MR) is 110 cm³/mol. The fraction of sp³-hybridized carbons (Fsp3) is 0.273. The molecule has 2 aromatic carbocycles. The van der Waals surface area contributed by atoms with E-state index >= 15 is 0 Å². The van der Waals surface area contributed by atoms with E-state index in [1.165, 1.54) is 0 Å². The number of rotatable bonds is 4. The van der Waals surface area contributed by atoms with Crippen LogP contribution in [0, 0.1) is 11.6 Å². The van der Waals surface area contributed by atoms with Gasteiger partial charge in [-0.1, -0.05) is 11.6 Å². The Morgan fingerprint density at radius 3 is 2.55 bits per heavy atom. The fourth-order valence-corrected chi connectivity index (χ4v) is 3.95. The summed E-state index contributed by atoms with van der Waals surface area (Å²) in [7, 11) is 0. The average molecular weight is 416 g/mol. The summed E-state index contributed by atoms with van der Waals surface area (Å²) in [5.74, 6) is -1.92. The molecule has 0 spiro atoms. The molecule has 1 amide bonds. The largest absolute Gasteiger partial charge is 0.382 e. The topological polar surface area (TPSA) is 54.0 Å². The Kier molecular flexibility index (Phi) is 5.62. The van der Waals surface area contributed by atoms with Gasteiger partial charge in [-0.15, -0.1) is 0 Å². The molecule has 1 heterocycles. The van der Waals surface area contributed by atoms with Crippen molar-refractivity contribution < 1.29 is 13.6 Å². The molecule has 1 aliphatic carbocycles. The molecule has 1 aliphatic rings. The number of benzene rings is 2. The molecule has 1 saturated carbocycles. The molecule has 0 bridgehead atoms. The zero-order chi connectivity index (χ0) is 20.4. The Bertz CT molecular complexity index is 1050. The first kappa shape index (κ1) is 19.6. The number of anilines is 1. The van der Waals surface area contributed by atoms with Crippen molar-refractivity contribution in [1.29, 1.82) is 0 Å². The molecule has 0 saturated heterocycles. The summed E-state index contributed by atoms with van der Waals surface area (Å²) in [6.07, 6.45) is 4.98. The van der Waals surface area contributed by atoms with Gasteiger partial charge in [-0.25, -0.2) is 8.78 Å². The minimum absolute atomic E-state index is 0.0591. The molecule has 0 atom stereocenters. The summed E-state index contributed by atoms with van der Waals surface area (Å²) < 4.78 is 27.1. The highest BCUT2D eigenvalue weighted by Gasteiger charge is 2.24. The van der Waals surface area contributed by atoms with Crippen molar-refractivity contribution in [2.45, 2.75) is 37.8 Å². The van der Waals surface area contributed by atoms with Gasteiger partial charge < -0.3 is 10.6 Å². The van der Waals surface area contributed by atoms with E-state index in [9.17, 15) is 13.6 Å². The summed E-state index contributed by atoms with van der Waals surface area (Å²) in [6.45, 7) is 0. The Morgan fingerprint density at radius 1 is 1.00 bits per heavy atom. The maximum atomic E-state index is 13.8. The second-order valence-corrected chi connectivity index (χ2v) is 7.75. The highest BCUT2D eigenvalue weighted by atomic mass is 35.5. The van der Waals surface area contributed by atoms with Crippen molar-refractivity contribution in [2.24, 2.45) is 0 Å². The molecule has 0 aliphatic heterocycles. The Hall–Kier alpha value is -2.73. The molecular formula is C22H20ClF2N3O. The quantitative estimate of drug-likeness (QED) is 0.606. The van der Waals surface area contributed by atoms with Crippen LogP contribution in [0.3, 0.4) is 0 Å². The zero-order valence-corrected chi connectivity index (χ0v) is 16.3. The van der Waals surface area contributed by atoms with E-state index in [2.05, 4.69) is 15.6 Å². The van der Waals surface area contributed by atoms with E-state index in [-0.39, 0.29) is 17.6 Å². The molecule has 1 aromatic heterocycles. The number of halogens is 3. The molecule has 1 fully saturated rings. The number of amides is 1. The molecule has 4 rings (SSSR count). The number of hydrogen-bond donors (Lipinski definition) is 2. The number of carbonyl (C=O) groups is 1. The van der Waals surface area contributed by atoms with Crippen LogP contribution in [-0.4, -0.2) is 23.0 Å². The Morgan fingerprint density at radius 2 is 1.76 bits per heavy atom. The second kappa shape index (κ2) is 8.33. The Balaban J connectivity index is 1.36.